The number of anilines is 1. The van der Waals surface area contributed by atoms with E-state index in [2.05, 4.69) is 46.8 Å². The first kappa shape index (κ1) is 11.6. The van der Waals surface area contributed by atoms with Crippen LogP contribution in [0.1, 0.15) is 5.69 Å². The summed E-state index contributed by atoms with van der Waals surface area (Å²) in [7, 11) is 0. The zero-order valence-electron chi connectivity index (χ0n) is 10.6. The van der Waals surface area contributed by atoms with Gasteiger partial charge in [0.15, 0.2) is 0 Å². The van der Waals surface area contributed by atoms with E-state index >= 15 is 0 Å². The van der Waals surface area contributed by atoms with Crippen molar-refractivity contribution in [2.45, 2.75) is 13.0 Å². The minimum Gasteiger partial charge on any atom is -0.381 e. The molecule has 18 heavy (non-hydrogen) atoms. The Bertz CT molecular complexity index is 529. The van der Waals surface area contributed by atoms with Gasteiger partial charge < -0.3 is 20.4 Å². The summed E-state index contributed by atoms with van der Waals surface area (Å²) in [5.74, 6) is 0. The lowest BCUT2D eigenvalue weighted by atomic mass is 10.2. The van der Waals surface area contributed by atoms with Gasteiger partial charge >= 0.3 is 0 Å². The summed E-state index contributed by atoms with van der Waals surface area (Å²) in [4.78, 5) is 3.40. The summed E-state index contributed by atoms with van der Waals surface area (Å²) < 4.78 is 5.46. The van der Waals surface area contributed by atoms with Crippen molar-refractivity contribution in [1.29, 1.82) is 0 Å². The van der Waals surface area contributed by atoms with Crippen molar-refractivity contribution in [2.75, 3.05) is 31.6 Å². The lowest BCUT2D eigenvalue weighted by Crippen LogP contribution is -2.45. The molecular formula is C14H19N3O. The van der Waals surface area contributed by atoms with Crippen molar-refractivity contribution in [2.24, 2.45) is 0 Å². The van der Waals surface area contributed by atoms with Gasteiger partial charge in [-0.25, -0.2) is 0 Å². The number of aromatic amines is 1. The van der Waals surface area contributed by atoms with Gasteiger partial charge in [0.25, 0.3) is 0 Å². The van der Waals surface area contributed by atoms with Crippen molar-refractivity contribution in [1.82, 2.24) is 10.3 Å². The van der Waals surface area contributed by atoms with E-state index in [-0.39, 0.29) is 0 Å². The Morgan fingerprint density at radius 3 is 3.11 bits per heavy atom. The Kier molecular flexibility index (Phi) is 3.21. The van der Waals surface area contributed by atoms with Crippen molar-refractivity contribution in [3.05, 3.63) is 30.0 Å². The number of aryl methyl sites for hydroxylation is 1. The molecular weight excluding hydrogens is 226 g/mol. The maximum absolute atomic E-state index is 5.46. The summed E-state index contributed by atoms with van der Waals surface area (Å²) >= 11 is 0. The topological polar surface area (TPSA) is 49.1 Å². The van der Waals surface area contributed by atoms with E-state index in [0.29, 0.717) is 6.04 Å². The zero-order chi connectivity index (χ0) is 12.4. The highest BCUT2D eigenvalue weighted by molar-refractivity contribution is 5.94. The molecule has 1 unspecified atom stereocenters. The van der Waals surface area contributed by atoms with Gasteiger partial charge in [-0.3, -0.25) is 0 Å². The fourth-order valence-electron chi connectivity index (χ4n) is 2.48. The zero-order valence-corrected chi connectivity index (χ0v) is 10.6. The molecule has 3 rings (SSSR count). The molecule has 1 aliphatic heterocycles. The number of H-pyrrole nitrogens is 1. The molecule has 96 valence electrons. The molecule has 1 aliphatic rings. The number of aromatic nitrogens is 1. The minimum absolute atomic E-state index is 0.395. The second-order valence-electron chi connectivity index (χ2n) is 4.78. The van der Waals surface area contributed by atoms with Gasteiger partial charge in [-0.05, 0) is 13.0 Å². The molecule has 0 amide bonds. The Morgan fingerprint density at radius 1 is 1.39 bits per heavy atom. The third-order valence-corrected chi connectivity index (χ3v) is 3.42. The Balaban J connectivity index is 1.75. The van der Waals surface area contributed by atoms with Gasteiger partial charge in [0, 0.05) is 35.7 Å². The van der Waals surface area contributed by atoms with Crippen LogP contribution in [0.3, 0.4) is 0 Å². The highest BCUT2D eigenvalue weighted by Crippen LogP contribution is 2.26. The molecule has 1 atom stereocenters. The predicted molar refractivity (Wildman–Crippen MR) is 74.1 cm³/mol. The van der Waals surface area contributed by atoms with Gasteiger partial charge in [0.2, 0.25) is 0 Å². The number of hydrogen-bond donors (Lipinski definition) is 3. The number of hydrogen-bond acceptors (Lipinski definition) is 3. The number of nitrogens with one attached hydrogen (secondary N) is 3. The lowest BCUT2D eigenvalue weighted by molar-refractivity contribution is 0.0807. The van der Waals surface area contributed by atoms with E-state index < -0.39 is 0 Å². The normalized spacial score (nSPS) is 20.2. The average molecular weight is 245 g/mol. The van der Waals surface area contributed by atoms with Crippen LogP contribution in [0.25, 0.3) is 10.9 Å². The van der Waals surface area contributed by atoms with Crippen LogP contribution in [-0.4, -0.2) is 37.3 Å². The van der Waals surface area contributed by atoms with Gasteiger partial charge in [-0.2, -0.15) is 0 Å². The molecule has 3 N–H and O–H groups in total. The SMILES string of the molecule is Cc1[nH]c2ccccc2c1NCC1COCCN1. The van der Waals surface area contributed by atoms with Crippen LogP contribution < -0.4 is 10.6 Å². The molecule has 0 saturated carbocycles. The maximum atomic E-state index is 5.46. The molecule has 1 saturated heterocycles. The molecule has 0 bridgehead atoms. The highest BCUT2D eigenvalue weighted by atomic mass is 16.5. The molecule has 0 radical (unpaired) electrons. The molecule has 1 aromatic carbocycles. The third-order valence-electron chi connectivity index (χ3n) is 3.42. The van der Waals surface area contributed by atoms with Crippen LogP contribution in [0.4, 0.5) is 5.69 Å². The minimum atomic E-state index is 0.395. The summed E-state index contributed by atoms with van der Waals surface area (Å²) in [6.45, 7) is 5.55. The first-order chi connectivity index (χ1) is 8.84. The number of para-hydroxylation sites is 1. The molecule has 0 aliphatic carbocycles. The third kappa shape index (κ3) is 2.21. The van der Waals surface area contributed by atoms with Crippen molar-refractivity contribution >= 4 is 16.6 Å². The van der Waals surface area contributed by atoms with Crippen LogP contribution in [-0.2, 0) is 4.74 Å². The second-order valence-corrected chi connectivity index (χ2v) is 4.78. The quantitative estimate of drug-likeness (QED) is 0.774. The molecule has 1 fully saturated rings. The van der Waals surface area contributed by atoms with Crippen molar-refractivity contribution in [3.63, 3.8) is 0 Å². The number of morpholine rings is 1. The first-order valence-corrected chi connectivity index (χ1v) is 6.47. The molecule has 4 heteroatoms. The lowest BCUT2D eigenvalue weighted by Gasteiger charge is -2.24. The van der Waals surface area contributed by atoms with Gasteiger partial charge in [-0.1, -0.05) is 18.2 Å². The van der Waals surface area contributed by atoms with E-state index in [9.17, 15) is 0 Å². The van der Waals surface area contributed by atoms with Gasteiger partial charge in [0.05, 0.1) is 18.9 Å². The summed E-state index contributed by atoms with van der Waals surface area (Å²) in [6.07, 6.45) is 0. The van der Waals surface area contributed by atoms with Crippen LogP contribution in [0.15, 0.2) is 24.3 Å². The second kappa shape index (κ2) is 5.00. The number of benzene rings is 1. The van der Waals surface area contributed by atoms with E-state index in [4.69, 9.17) is 4.74 Å². The summed E-state index contributed by atoms with van der Waals surface area (Å²) in [5.41, 5.74) is 3.58. The van der Waals surface area contributed by atoms with Gasteiger partial charge in [0.1, 0.15) is 0 Å². The summed E-state index contributed by atoms with van der Waals surface area (Å²) in [5, 5.41) is 8.24. The number of ether oxygens (including phenoxy) is 1. The van der Waals surface area contributed by atoms with Gasteiger partial charge in [-0.15, -0.1) is 0 Å². The molecule has 0 spiro atoms. The largest absolute Gasteiger partial charge is 0.381 e. The molecule has 4 nitrogen and oxygen atoms in total. The number of fused-ring (bicyclic) bond motifs is 1. The van der Waals surface area contributed by atoms with Crippen LogP contribution >= 0.6 is 0 Å². The fraction of sp³-hybridized carbons (Fsp3) is 0.429. The van der Waals surface area contributed by atoms with E-state index in [1.165, 1.54) is 22.3 Å². The van der Waals surface area contributed by atoms with Crippen LogP contribution in [0.5, 0.6) is 0 Å². The molecule has 2 heterocycles. The monoisotopic (exact) mass is 245 g/mol. The molecule has 1 aromatic heterocycles. The van der Waals surface area contributed by atoms with Crippen molar-refractivity contribution in [3.8, 4) is 0 Å². The standard InChI is InChI=1S/C14H19N3O/c1-10-14(12-4-2-3-5-13(12)17-10)16-8-11-9-18-7-6-15-11/h2-5,11,15-17H,6-9H2,1H3. The van der Waals surface area contributed by atoms with Crippen molar-refractivity contribution < 1.29 is 4.74 Å². The van der Waals surface area contributed by atoms with Crippen LogP contribution in [0.2, 0.25) is 0 Å². The average Bonchev–Trinajstić information content (AvgIpc) is 2.73. The molecule has 2 aromatic rings. The number of rotatable bonds is 3. The summed E-state index contributed by atoms with van der Waals surface area (Å²) in [6, 6.07) is 8.77. The highest BCUT2D eigenvalue weighted by Gasteiger charge is 2.14. The fourth-order valence-corrected chi connectivity index (χ4v) is 2.48. The first-order valence-electron chi connectivity index (χ1n) is 6.47. The Labute approximate surface area is 107 Å². The van der Waals surface area contributed by atoms with E-state index in [0.717, 1.165) is 26.3 Å². The predicted octanol–water partition coefficient (Wildman–Crippen LogP) is 1.88. The Hall–Kier alpha value is -1.52. The van der Waals surface area contributed by atoms with E-state index in [1.807, 2.05) is 0 Å². The Morgan fingerprint density at radius 2 is 2.28 bits per heavy atom. The smallest absolute Gasteiger partial charge is 0.0637 e. The van der Waals surface area contributed by atoms with E-state index in [1.54, 1.807) is 0 Å². The maximum Gasteiger partial charge on any atom is 0.0637 e. The van der Waals surface area contributed by atoms with Crippen LogP contribution in [0, 0.1) is 6.92 Å².